The van der Waals surface area contributed by atoms with Gasteiger partial charge in [-0.2, -0.15) is 0 Å². The Hall–Kier alpha value is -1.94. The van der Waals surface area contributed by atoms with Crippen LogP contribution >= 0.6 is 15.6 Å². The van der Waals surface area contributed by atoms with Crippen molar-refractivity contribution in [2.75, 3.05) is 39.6 Å². The van der Waals surface area contributed by atoms with Gasteiger partial charge in [-0.05, 0) is 49.4 Å². The number of unbranched alkanes of at least 4 members (excludes halogenated alkanes) is 30. The highest BCUT2D eigenvalue weighted by atomic mass is 31.2. The van der Waals surface area contributed by atoms with E-state index in [-0.39, 0.29) is 25.7 Å². The molecule has 0 aromatic carbocycles. The van der Waals surface area contributed by atoms with Crippen LogP contribution in [0.5, 0.6) is 0 Å². The highest BCUT2D eigenvalue weighted by Crippen LogP contribution is 2.45. The molecule has 0 aromatic rings. The molecule has 0 aliphatic carbocycles. The van der Waals surface area contributed by atoms with Gasteiger partial charge in [0.2, 0.25) is 0 Å². The minimum atomic E-state index is -4.95. The van der Waals surface area contributed by atoms with E-state index in [0.29, 0.717) is 31.6 Å². The molecule has 0 aromatic heterocycles. The summed E-state index contributed by atoms with van der Waals surface area (Å²) in [5.41, 5.74) is 0. The maximum absolute atomic E-state index is 13.0. The number of carbonyl (C=O) groups is 4. The van der Waals surface area contributed by atoms with Crippen molar-refractivity contribution in [2.24, 2.45) is 23.7 Å². The van der Waals surface area contributed by atoms with E-state index < -0.39 is 97.5 Å². The van der Waals surface area contributed by atoms with Gasteiger partial charge >= 0.3 is 39.5 Å². The Morgan fingerprint density at radius 2 is 0.545 bits per heavy atom. The SMILES string of the molecule is CCC(C)CCCCCCCCCCCCCCCCC(=O)O[C@H](COC(=O)CCCCCCCCC(C)CC)COP(=O)(O)OCC(O)COP(=O)(O)OC[C@@H](COC(=O)CCCCCCCCCCC(C)C)OC(=O)CCCCCCCCC(C)C. The molecule has 0 spiro atoms. The number of phosphoric ester groups is 2. The zero-order valence-corrected chi connectivity index (χ0v) is 59.1. The van der Waals surface area contributed by atoms with E-state index in [4.69, 9.17) is 37.0 Å². The maximum atomic E-state index is 13.0. The van der Waals surface area contributed by atoms with Gasteiger partial charge in [0, 0.05) is 25.7 Å². The third kappa shape index (κ3) is 60.3. The number of phosphoric acid groups is 2. The molecule has 88 heavy (non-hydrogen) atoms. The lowest BCUT2D eigenvalue weighted by molar-refractivity contribution is -0.161. The second kappa shape index (κ2) is 58.8. The Balaban J connectivity index is 5.21. The second-order valence-corrected chi connectivity index (χ2v) is 29.3. The summed E-state index contributed by atoms with van der Waals surface area (Å²) >= 11 is 0. The molecule has 0 saturated heterocycles. The minimum Gasteiger partial charge on any atom is -0.462 e. The number of aliphatic hydroxyl groups is 1. The standard InChI is InChI=1S/C69H134O17P2/c1-9-61(7)47-39-31-22-17-15-13-11-12-14-16-18-24-35-43-51-68(73)85-64(56-80-67(72)50-42-34-28-26-32-40-48-62(8)10-2)57-83-87(75,76)81-53-63(70)54-82-88(77,78)84-58-65(86-69(74)52-44-36-27-25-30-38-46-60(5)6)55-79-66(71)49-41-33-23-20-19-21-29-37-45-59(3)4/h59-65,70H,9-58H2,1-8H3,(H,75,76)(H,77,78)/t61?,62?,63?,64-,65-/m1/s1. The summed E-state index contributed by atoms with van der Waals surface area (Å²) in [6.07, 6.45) is 40.5. The molecular weight excluding hydrogens is 1160 g/mol. The number of ether oxygens (including phenoxy) is 4. The molecule has 0 aliphatic rings. The number of esters is 4. The summed E-state index contributed by atoms with van der Waals surface area (Å²) in [6, 6.07) is 0. The molecule has 0 bridgehead atoms. The van der Waals surface area contributed by atoms with E-state index in [1.165, 1.54) is 135 Å². The molecule has 3 N–H and O–H groups in total. The van der Waals surface area contributed by atoms with Crippen LogP contribution in [0.1, 0.15) is 338 Å². The van der Waals surface area contributed by atoms with E-state index in [1.54, 1.807) is 0 Å². The lowest BCUT2D eigenvalue weighted by Gasteiger charge is -2.21. The molecule has 7 atom stereocenters. The molecule has 17 nitrogen and oxygen atoms in total. The Morgan fingerprint density at radius 1 is 0.318 bits per heavy atom. The van der Waals surface area contributed by atoms with Gasteiger partial charge in [-0.25, -0.2) is 9.13 Å². The van der Waals surface area contributed by atoms with E-state index in [9.17, 15) is 43.2 Å². The number of hydrogen-bond acceptors (Lipinski definition) is 15. The number of aliphatic hydroxyl groups excluding tert-OH is 1. The van der Waals surface area contributed by atoms with Crippen molar-refractivity contribution >= 4 is 39.5 Å². The molecule has 0 aliphatic heterocycles. The van der Waals surface area contributed by atoms with Gasteiger partial charge in [-0.15, -0.1) is 0 Å². The van der Waals surface area contributed by atoms with Gasteiger partial charge in [0.05, 0.1) is 26.4 Å². The molecule has 0 heterocycles. The van der Waals surface area contributed by atoms with E-state index >= 15 is 0 Å². The van der Waals surface area contributed by atoms with E-state index in [0.717, 1.165) is 114 Å². The fraction of sp³-hybridized carbons (Fsp3) is 0.942. The van der Waals surface area contributed by atoms with Gasteiger partial charge in [0.25, 0.3) is 0 Å². The van der Waals surface area contributed by atoms with Crippen LogP contribution in [0.3, 0.4) is 0 Å². The van der Waals surface area contributed by atoms with Crippen molar-refractivity contribution in [3.63, 3.8) is 0 Å². The van der Waals surface area contributed by atoms with Crippen LogP contribution in [0, 0.1) is 23.7 Å². The molecular formula is C69H134O17P2. The average Bonchev–Trinajstić information content (AvgIpc) is 3.68. The first-order valence-corrected chi connectivity index (χ1v) is 38.8. The topological polar surface area (TPSA) is 237 Å². The Morgan fingerprint density at radius 3 is 0.807 bits per heavy atom. The Kier molecular flexibility index (Phi) is 57.6. The predicted octanol–water partition coefficient (Wildman–Crippen LogP) is 19.3. The van der Waals surface area contributed by atoms with Crippen LogP contribution in [0.15, 0.2) is 0 Å². The second-order valence-electron chi connectivity index (χ2n) is 26.4. The van der Waals surface area contributed by atoms with Crippen LogP contribution in [0.25, 0.3) is 0 Å². The summed E-state index contributed by atoms with van der Waals surface area (Å²) in [5, 5.41) is 10.6. The first-order valence-electron chi connectivity index (χ1n) is 35.8. The Labute approximate surface area is 537 Å². The van der Waals surface area contributed by atoms with E-state index in [1.807, 2.05) is 0 Å². The summed E-state index contributed by atoms with van der Waals surface area (Å²) in [5.74, 6) is 0.836. The van der Waals surface area contributed by atoms with Crippen molar-refractivity contribution in [2.45, 2.75) is 356 Å². The van der Waals surface area contributed by atoms with E-state index in [2.05, 4.69) is 55.4 Å². The fourth-order valence-electron chi connectivity index (χ4n) is 10.2. The monoisotopic (exact) mass is 1300 g/mol. The minimum absolute atomic E-state index is 0.101. The molecule has 0 fully saturated rings. The summed E-state index contributed by atoms with van der Waals surface area (Å²) in [6.45, 7) is 14.0. The zero-order valence-electron chi connectivity index (χ0n) is 57.3. The number of carbonyl (C=O) groups excluding carboxylic acids is 4. The summed E-state index contributed by atoms with van der Waals surface area (Å²) in [4.78, 5) is 72.4. The normalized spacial score (nSPS) is 14.9. The molecule has 19 heteroatoms. The van der Waals surface area contributed by atoms with Crippen molar-refractivity contribution < 1.29 is 80.2 Å². The summed E-state index contributed by atoms with van der Waals surface area (Å²) in [7, 11) is -9.90. The van der Waals surface area contributed by atoms with Gasteiger partial charge < -0.3 is 33.8 Å². The van der Waals surface area contributed by atoms with Crippen LogP contribution in [-0.4, -0.2) is 96.7 Å². The highest BCUT2D eigenvalue weighted by molar-refractivity contribution is 7.47. The van der Waals surface area contributed by atoms with Gasteiger partial charge in [-0.3, -0.25) is 37.3 Å². The van der Waals surface area contributed by atoms with Crippen molar-refractivity contribution in [1.29, 1.82) is 0 Å². The molecule has 0 amide bonds. The van der Waals surface area contributed by atoms with Gasteiger partial charge in [0.15, 0.2) is 12.2 Å². The van der Waals surface area contributed by atoms with Crippen LogP contribution in [0.2, 0.25) is 0 Å². The number of hydrogen-bond donors (Lipinski definition) is 3. The first-order chi connectivity index (χ1) is 42.2. The third-order valence-electron chi connectivity index (χ3n) is 16.5. The van der Waals surface area contributed by atoms with Crippen molar-refractivity contribution in [1.82, 2.24) is 0 Å². The lowest BCUT2D eigenvalue weighted by atomic mass is 9.99. The zero-order chi connectivity index (χ0) is 65.4. The third-order valence-corrected chi connectivity index (χ3v) is 18.4. The molecule has 522 valence electrons. The number of rotatable bonds is 66. The van der Waals surface area contributed by atoms with Crippen LogP contribution in [0.4, 0.5) is 0 Å². The smallest absolute Gasteiger partial charge is 0.462 e. The first kappa shape index (κ1) is 86.1. The molecule has 0 saturated carbocycles. The fourth-order valence-corrected chi connectivity index (χ4v) is 11.8. The van der Waals surface area contributed by atoms with Crippen molar-refractivity contribution in [3.05, 3.63) is 0 Å². The average molecular weight is 1300 g/mol. The van der Waals surface area contributed by atoms with Gasteiger partial charge in [0.1, 0.15) is 19.3 Å². The predicted molar refractivity (Wildman–Crippen MR) is 354 cm³/mol. The molecule has 0 rings (SSSR count). The summed E-state index contributed by atoms with van der Waals surface area (Å²) < 4.78 is 68.2. The lowest BCUT2D eigenvalue weighted by Crippen LogP contribution is -2.30. The van der Waals surface area contributed by atoms with Crippen LogP contribution < -0.4 is 0 Å². The molecule has 5 unspecified atom stereocenters. The largest absolute Gasteiger partial charge is 0.472 e. The Bertz CT molecular complexity index is 1750. The van der Waals surface area contributed by atoms with Gasteiger partial charge in [-0.1, -0.05) is 287 Å². The van der Waals surface area contributed by atoms with Crippen LogP contribution in [-0.2, 0) is 65.4 Å². The maximum Gasteiger partial charge on any atom is 0.472 e. The quantitative estimate of drug-likeness (QED) is 0.0222. The molecule has 0 radical (unpaired) electrons. The highest BCUT2D eigenvalue weighted by Gasteiger charge is 2.30. The van der Waals surface area contributed by atoms with Crippen molar-refractivity contribution in [3.8, 4) is 0 Å².